The molecule has 1 aromatic heterocycles. The summed E-state index contributed by atoms with van der Waals surface area (Å²) in [5.41, 5.74) is 0. The monoisotopic (exact) mass is 343 g/mol. The maximum absolute atomic E-state index is 12.6. The predicted octanol–water partition coefficient (Wildman–Crippen LogP) is 3.19. The van der Waals surface area contributed by atoms with E-state index in [0.717, 1.165) is 43.9 Å². The van der Waals surface area contributed by atoms with Gasteiger partial charge >= 0.3 is 0 Å². The molecule has 134 valence electrons. The molecule has 0 radical (unpaired) electrons. The third kappa shape index (κ3) is 4.59. The zero-order chi connectivity index (χ0) is 17.6. The molecular formula is C19H25N3O3. The standard InChI is InChI=1S/C19H25N3O3/c1-14(10-13-24-17-6-4-3-5-7-17)19(23)22-11-8-16(9-12-22)18-20-15(2)25-21-18/h3-7,14,16H,8-13H2,1-2H3/t14-/m1/s1. The van der Waals surface area contributed by atoms with Crippen molar-refractivity contribution in [1.29, 1.82) is 0 Å². The van der Waals surface area contributed by atoms with E-state index in [2.05, 4.69) is 10.1 Å². The highest BCUT2D eigenvalue weighted by atomic mass is 16.5. The lowest BCUT2D eigenvalue weighted by atomic mass is 9.95. The number of hydrogen-bond donors (Lipinski definition) is 0. The maximum atomic E-state index is 12.6. The molecular weight excluding hydrogens is 318 g/mol. The van der Waals surface area contributed by atoms with Gasteiger partial charge in [0.1, 0.15) is 5.75 Å². The first-order chi connectivity index (χ1) is 12.1. The van der Waals surface area contributed by atoms with Gasteiger partial charge in [-0.05, 0) is 31.4 Å². The highest BCUT2D eigenvalue weighted by Crippen LogP contribution is 2.27. The van der Waals surface area contributed by atoms with E-state index in [1.807, 2.05) is 42.2 Å². The van der Waals surface area contributed by atoms with Crippen LogP contribution in [-0.4, -0.2) is 40.6 Å². The summed E-state index contributed by atoms with van der Waals surface area (Å²) in [5, 5.41) is 4.01. The molecule has 1 aliphatic heterocycles. The Balaban J connectivity index is 1.42. The first-order valence-corrected chi connectivity index (χ1v) is 8.90. The first-order valence-electron chi connectivity index (χ1n) is 8.90. The van der Waals surface area contributed by atoms with Crippen LogP contribution in [0, 0.1) is 12.8 Å². The van der Waals surface area contributed by atoms with E-state index in [1.54, 1.807) is 6.92 Å². The fraction of sp³-hybridized carbons (Fsp3) is 0.526. The molecule has 2 aromatic rings. The summed E-state index contributed by atoms with van der Waals surface area (Å²) in [4.78, 5) is 18.9. The number of piperidine rings is 1. The molecule has 1 fully saturated rings. The highest BCUT2D eigenvalue weighted by Gasteiger charge is 2.28. The molecule has 6 heteroatoms. The number of carbonyl (C=O) groups excluding carboxylic acids is 1. The van der Waals surface area contributed by atoms with E-state index in [0.29, 0.717) is 18.4 Å². The zero-order valence-corrected chi connectivity index (χ0v) is 14.9. The minimum absolute atomic E-state index is 0.0346. The van der Waals surface area contributed by atoms with Gasteiger partial charge in [-0.1, -0.05) is 30.3 Å². The van der Waals surface area contributed by atoms with Crippen molar-refractivity contribution in [2.45, 2.75) is 39.0 Å². The topological polar surface area (TPSA) is 68.5 Å². The molecule has 0 unspecified atom stereocenters. The molecule has 3 rings (SSSR count). The van der Waals surface area contributed by atoms with E-state index in [-0.39, 0.29) is 11.8 Å². The van der Waals surface area contributed by atoms with Crippen molar-refractivity contribution in [3.63, 3.8) is 0 Å². The van der Waals surface area contributed by atoms with Gasteiger partial charge in [0.05, 0.1) is 6.61 Å². The van der Waals surface area contributed by atoms with Crippen molar-refractivity contribution in [3.8, 4) is 5.75 Å². The van der Waals surface area contributed by atoms with Crippen molar-refractivity contribution < 1.29 is 14.1 Å². The number of amides is 1. The van der Waals surface area contributed by atoms with E-state index >= 15 is 0 Å². The number of rotatable bonds is 6. The summed E-state index contributed by atoms with van der Waals surface area (Å²) in [7, 11) is 0. The van der Waals surface area contributed by atoms with Crippen LogP contribution < -0.4 is 4.74 Å². The molecule has 25 heavy (non-hydrogen) atoms. The molecule has 2 heterocycles. The average Bonchev–Trinajstić information content (AvgIpc) is 3.08. The van der Waals surface area contributed by atoms with Gasteiger partial charge in [-0.15, -0.1) is 0 Å². The normalized spacial score (nSPS) is 16.6. The Bertz CT molecular complexity index is 678. The minimum atomic E-state index is -0.0346. The Morgan fingerprint density at radius 1 is 1.32 bits per heavy atom. The lowest BCUT2D eigenvalue weighted by Crippen LogP contribution is -2.41. The fourth-order valence-corrected chi connectivity index (χ4v) is 3.14. The minimum Gasteiger partial charge on any atom is -0.494 e. The summed E-state index contributed by atoms with van der Waals surface area (Å²) in [5.74, 6) is 2.68. The fourth-order valence-electron chi connectivity index (χ4n) is 3.14. The van der Waals surface area contributed by atoms with Gasteiger partial charge in [-0.3, -0.25) is 4.79 Å². The number of nitrogens with zero attached hydrogens (tertiary/aromatic N) is 3. The molecule has 1 amide bonds. The molecule has 6 nitrogen and oxygen atoms in total. The number of aromatic nitrogens is 2. The van der Waals surface area contributed by atoms with Crippen molar-refractivity contribution in [2.75, 3.05) is 19.7 Å². The molecule has 1 aliphatic rings. The van der Waals surface area contributed by atoms with Crippen molar-refractivity contribution in [1.82, 2.24) is 15.0 Å². The van der Waals surface area contributed by atoms with Crippen LogP contribution in [0.2, 0.25) is 0 Å². The predicted molar refractivity (Wildman–Crippen MR) is 93.3 cm³/mol. The third-order valence-electron chi connectivity index (χ3n) is 4.70. The molecule has 0 bridgehead atoms. The van der Waals surface area contributed by atoms with Gasteiger partial charge in [-0.25, -0.2) is 0 Å². The Kier molecular flexibility index (Phi) is 5.68. The number of aryl methyl sites for hydroxylation is 1. The molecule has 0 spiro atoms. The van der Waals surface area contributed by atoms with Crippen molar-refractivity contribution >= 4 is 5.91 Å². The van der Waals surface area contributed by atoms with Crippen LogP contribution in [0.5, 0.6) is 5.75 Å². The quantitative estimate of drug-likeness (QED) is 0.806. The SMILES string of the molecule is Cc1nc(C2CCN(C(=O)[C@H](C)CCOc3ccccc3)CC2)no1. The van der Waals surface area contributed by atoms with Crippen LogP contribution in [0.15, 0.2) is 34.9 Å². The Hall–Kier alpha value is -2.37. The number of likely N-dealkylation sites (tertiary alicyclic amines) is 1. The van der Waals surface area contributed by atoms with Crippen LogP contribution in [0.1, 0.15) is 43.8 Å². The Labute approximate surface area is 148 Å². The van der Waals surface area contributed by atoms with Gasteiger partial charge in [0.15, 0.2) is 5.82 Å². The number of ether oxygens (including phenoxy) is 1. The summed E-state index contributed by atoms with van der Waals surface area (Å²) in [6.45, 7) is 5.83. The molecule has 0 saturated carbocycles. The summed E-state index contributed by atoms with van der Waals surface area (Å²) in [6, 6.07) is 9.70. The van der Waals surface area contributed by atoms with Gasteiger partial charge in [0, 0.05) is 31.8 Å². The van der Waals surface area contributed by atoms with Crippen LogP contribution in [-0.2, 0) is 4.79 Å². The highest BCUT2D eigenvalue weighted by molar-refractivity contribution is 5.78. The second-order valence-electron chi connectivity index (χ2n) is 6.62. The number of carbonyl (C=O) groups is 1. The lowest BCUT2D eigenvalue weighted by molar-refractivity contribution is -0.136. The Morgan fingerprint density at radius 3 is 2.68 bits per heavy atom. The largest absolute Gasteiger partial charge is 0.494 e. The third-order valence-corrected chi connectivity index (χ3v) is 4.70. The van der Waals surface area contributed by atoms with Crippen molar-refractivity contribution in [3.05, 3.63) is 42.0 Å². The van der Waals surface area contributed by atoms with E-state index in [4.69, 9.17) is 9.26 Å². The van der Waals surface area contributed by atoms with Gasteiger partial charge < -0.3 is 14.2 Å². The summed E-state index contributed by atoms with van der Waals surface area (Å²) >= 11 is 0. The van der Waals surface area contributed by atoms with Crippen molar-refractivity contribution in [2.24, 2.45) is 5.92 Å². The molecule has 1 aromatic carbocycles. The maximum Gasteiger partial charge on any atom is 0.225 e. The Morgan fingerprint density at radius 2 is 2.04 bits per heavy atom. The van der Waals surface area contributed by atoms with Crippen LogP contribution in [0.4, 0.5) is 0 Å². The molecule has 0 N–H and O–H groups in total. The molecule has 1 atom stereocenters. The number of hydrogen-bond acceptors (Lipinski definition) is 5. The summed E-state index contributed by atoms with van der Waals surface area (Å²) in [6.07, 6.45) is 2.49. The second-order valence-corrected chi connectivity index (χ2v) is 6.62. The van der Waals surface area contributed by atoms with E-state index in [9.17, 15) is 4.79 Å². The molecule has 1 saturated heterocycles. The summed E-state index contributed by atoms with van der Waals surface area (Å²) < 4.78 is 10.7. The zero-order valence-electron chi connectivity index (χ0n) is 14.9. The number of benzene rings is 1. The van der Waals surface area contributed by atoms with Gasteiger partial charge in [-0.2, -0.15) is 4.98 Å². The molecule has 0 aliphatic carbocycles. The van der Waals surface area contributed by atoms with Crippen LogP contribution in [0.25, 0.3) is 0 Å². The van der Waals surface area contributed by atoms with Gasteiger partial charge in [0.2, 0.25) is 11.8 Å². The van der Waals surface area contributed by atoms with E-state index in [1.165, 1.54) is 0 Å². The number of para-hydroxylation sites is 1. The lowest BCUT2D eigenvalue weighted by Gasteiger charge is -2.32. The average molecular weight is 343 g/mol. The first kappa shape index (κ1) is 17.5. The second kappa shape index (κ2) is 8.14. The van der Waals surface area contributed by atoms with Crippen LogP contribution >= 0.6 is 0 Å². The van der Waals surface area contributed by atoms with Crippen LogP contribution in [0.3, 0.4) is 0 Å². The van der Waals surface area contributed by atoms with E-state index < -0.39 is 0 Å². The van der Waals surface area contributed by atoms with Gasteiger partial charge in [0.25, 0.3) is 0 Å². The smallest absolute Gasteiger partial charge is 0.225 e.